The highest BCUT2D eigenvalue weighted by Crippen LogP contribution is 2.34. The van der Waals surface area contributed by atoms with Crippen molar-refractivity contribution in [3.05, 3.63) is 42.9 Å². The van der Waals surface area contributed by atoms with E-state index in [-0.39, 0.29) is 12.0 Å². The summed E-state index contributed by atoms with van der Waals surface area (Å²) in [7, 11) is 0. The number of rotatable bonds is 4. The van der Waals surface area contributed by atoms with Gasteiger partial charge in [0, 0.05) is 30.0 Å². The maximum atomic E-state index is 10.8. The van der Waals surface area contributed by atoms with Gasteiger partial charge < -0.3 is 10.4 Å². The van der Waals surface area contributed by atoms with Gasteiger partial charge in [-0.25, -0.2) is 4.98 Å². The molecule has 0 atom stereocenters. The van der Waals surface area contributed by atoms with Crippen LogP contribution in [0.15, 0.2) is 42.9 Å². The van der Waals surface area contributed by atoms with Crippen molar-refractivity contribution in [3.63, 3.8) is 0 Å². The second-order valence-corrected chi connectivity index (χ2v) is 6.85. The molecule has 1 aliphatic rings. The van der Waals surface area contributed by atoms with Crippen molar-refractivity contribution >= 4 is 33.2 Å². The van der Waals surface area contributed by atoms with Crippen molar-refractivity contribution in [1.29, 1.82) is 0 Å². The summed E-state index contributed by atoms with van der Waals surface area (Å²) in [6.07, 6.45) is 6.86. The molecule has 1 aliphatic carbocycles. The van der Waals surface area contributed by atoms with Gasteiger partial charge in [0.1, 0.15) is 0 Å². The number of aromatic nitrogens is 2. The number of fused-ring (bicyclic) bond motifs is 1. The predicted molar refractivity (Wildman–Crippen MR) is 90.6 cm³/mol. The van der Waals surface area contributed by atoms with Gasteiger partial charge in [0.05, 0.1) is 10.8 Å². The Morgan fingerprint density at radius 3 is 2.91 bits per heavy atom. The highest BCUT2D eigenvalue weighted by atomic mass is 32.1. The number of hydrogen-bond acceptors (Lipinski definition) is 5. The van der Waals surface area contributed by atoms with Crippen LogP contribution in [0.3, 0.4) is 0 Å². The molecule has 1 fully saturated rings. The van der Waals surface area contributed by atoms with Crippen LogP contribution >= 0.6 is 11.3 Å². The largest absolute Gasteiger partial charge is 0.481 e. The van der Waals surface area contributed by atoms with Crippen LogP contribution in [-0.2, 0) is 4.79 Å². The zero-order valence-corrected chi connectivity index (χ0v) is 13.1. The molecule has 2 aromatic heterocycles. The molecule has 6 heteroatoms. The van der Waals surface area contributed by atoms with E-state index in [1.54, 1.807) is 17.5 Å². The van der Waals surface area contributed by atoms with Crippen molar-refractivity contribution in [2.24, 2.45) is 5.92 Å². The highest BCUT2D eigenvalue weighted by molar-refractivity contribution is 7.18. The predicted octanol–water partition coefficient (Wildman–Crippen LogP) is 3.63. The van der Waals surface area contributed by atoms with Crippen molar-refractivity contribution < 1.29 is 9.90 Å². The first-order chi connectivity index (χ1) is 11.2. The average Bonchev–Trinajstić information content (AvgIpc) is 2.98. The third-order valence-electron chi connectivity index (χ3n) is 4.25. The Hall–Kier alpha value is -2.47. The first kappa shape index (κ1) is 14.1. The van der Waals surface area contributed by atoms with Crippen molar-refractivity contribution in [3.8, 4) is 10.4 Å². The summed E-state index contributed by atoms with van der Waals surface area (Å²) in [5.74, 6) is -0.908. The summed E-state index contributed by atoms with van der Waals surface area (Å²) in [5.41, 5.74) is 1.13. The number of anilines is 1. The molecule has 0 spiro atoms. The van der Waals surface area contributed by atoms with Gasteiger partial charge in [-0.2, -0.15) is 0 Å². The number of pyridine rings is 1. The maximum Gasteiger partial charge on any atom is 0.306 e. The minimum atomic E-state index is -0.700. The standard InChI is InChI=1S/C17H15N3O2S/c21-16(22)13-6-14(7-13)20-17-19-9-15(23-17)11-1-2-12-8-18-4-3-10(12)5-11/h1-5,8-9,13-14H,6-7H2,(H,19,20)(H,21,22)/t13-,14+. The molecule has 0 aliphatic heterocycles. The Kier molecular flexibility index (Phi) is 3.46. The summed E-state index contributed by atoms with van der Waals surface area (Å²) in [6, 6.07) is 8.49. The molecule has 3 aromatic rings. The van der Waals surface area contributed by atoms with Gasteiger partial charge in [-0.3, -0.25) is 9.78 Å². The minimum absolute atomic E-state index is 0.207. The fraction of sp³-hybridized carbons (Fsp3) is 0.235. The lowest BCUT2D eigenvalue weighted by atomic mass is 9.80. The Balaban J connectivity index is 1.50. The van der Waals surface area contributed by atoms with Crippen LogP contribution in [0.1, 0.15) is 12.8 Å². The molecule has 1 aromatic carbocycles. The summed E-state index contributed by atoms with van der Waals surface area (Å²) in [4.78, 5) is 20.5. The van der Waals surface area contributed by atoms with E-state index in [1.807, 2.05) is 18.5 Å². The summed E-state index contributed by atoms with van der Waals surface area (Å²) >= 11 is 1.60. The average molecular weight is 325 g/mol. The summed E-state index contributed by atoms with van der Waals surface area (Å²) in [6.45, 7) is 0. The second kappa shape index (κ2) is 5.62. The lowest BCUT2D eigenvalue weighted by molar-refractivity contribution is -0.144. The fourth-order valence-electron chi connectivity index (χ4n) is 2.82. The minimum Gasteiger partial charge on any atom is -0.481 e. The van der Waals surface area contributed by atoms with Gasteiger partial charge in [-0.1, -0.05) is 23.5 Å². The Morgan fingerprint density at radius 1 is 1.22 bits per heavy atom. The van der Waals surface area contributed by atoms with Crippen molar-refractivity contribution in [2.45, 2.75) is 18.9 Å². The number of thiazole rings is 1. The molecule has 0 radical (unpaired) electrons. The number of benzene rings is 1. The second-order valence-electron chi connectivity index (χ2n) is 5.82. The molecule has 1 saturated carbocycles. The van der Waals surface area contributed by atoms with E-state index in [9.17, 15) is 4.79 Å². The van der Waals surface area contributed by atoms with Crippen LogP contribution in [0.2, 0.25) is 0 Å². The van der Waals surface area contributed by atoms with Gasteiger partial charge in [0.25, 0.3) is 0 Å². The fourth-order valence-corrected chi connectivity index (χ4v) is 3.71. The number of aliphatic carboxylic acids is 1. The number of nitrogens with one attached hydrogen (secondary N) is 1. The zero-order valence-electron chi connectivity index (χ0n) is 12.3. The molecule has 5 nitrogen and oxygen atoms in total. The lowest BCUT2D eigenvalue weighted by Crippen LogP contribution is -2.39. The molecule has 2 N–H and O–H groups in total. The Morgan fingerprint density at radius 2 is 2.09 bits per heavy atom. The van der Waals surface area contributed by atoms with Crippen LogP contribution in [0.4, 0.5) is 5.13 Å². The maximum absolute atomic E-state index is 10.8. The first-order valence-electron chi connectivity index (χ1n) is 7.48. The zero-order chi connectivity index (χ0) is 15.8. The molecule has 0 unspecified atom stereocenters. The SMILES string of the molecule is O=C(O)[C@H]1C[C@@H](Nc2ncc(-c3ccc4cnccc4c3)s2)C1. The molecule has 0 saturated heterocycles. The number of hydrogen-bond donors (Lipinski definition) is 2. The van der Waals surface area contributed by atoms with E-state index in [2.05, 4.69) is 33.5 Å². The van der Waals surface area contributed by atoms with Crippen LogP contribution in [-0.4, -0.2) is 27.1 Å². The molecule has 0 bridgehead atoms. The molecular formula is C17H15N3O2S. The molecule has 2 heterocycles. The number of nitrogens with zero attached hydrogens (tertiary/aromatic N) is 2. The van der Waals surface area contributed by atoms with E-state index < -0.39 is 5.97 Å². The third kappa shape index (κ3) is 2.77. The van der Waals surface area contributed by atoms with Gasteiger partial charge in [0.15, 0.2) is 5.13 Å². The molecular weight excluding hydrogens is 310 g/mol. The quantitative estimate of drug-likeness (QED) is 0.766. The van der Waals surface area contributed by atoms with Crippen molar-refractivity contribution in [1.82, 2.24) is 9.97 Å². The van der Waals surface area contributed by atoms with Gasteiger partial charge in [-0.15, -0.1) is 0 Å². The summed E-state index contributed by atoms with van der Waals surface area (Å²) in [5, 5.41) is 15.4. The van der Waals surface area contributed by atoms with E-state index in [0.717, 1.165) is 26.3 Å². The Labute approximate surface area is 137 Å². The number of carbonyl (C=O) groups is 1. The van der Waals surface area contributed by atoms with E-state index >= 15 is 0 Å². The van der Waals surface area contributed by atoms with E-state index in [4.69, 9.17) is 5.11 Å². The van der Waals surface area contributed by atoms with Crippen LogP contribution in [0.25, 0.3) is 21.2 Å². The molecule has 116 valence electrons. The van der Waals surface area contributed by atoms with Gasteiger partial charge >= 0.3 is 5.97 Å². The molecule has 0 amide bonds. The smallest absolute Gasteiger partial charge is 0.306 e. The topological polar surface area (TPSA) is 75.1 Å². The van der Waals surface area contributed by atoms with Gasteiger partial charge in [-0.05, 0) is 35.9 Å². The third-order valence-corrected chi connectivity index (χ3v) is 5.22. The number of carboxylic acids is 1. The van der Waals surface area contributed by atoms with Gasteiger partial charge in [0.2, 0.25) is 0 Å². The molecule has 23 heavy (non-hydrogen) atoms. The van der Waals surface area contributed by atoms with Crippen molar-refractivity contribution in [2.75, 3.05) is 5.32 Å². The monoisotopic (exact) mass is 325 g/mol. The normalized spacial score (nSPS) is 20.2. The first-order valence-corrected chi connectivity index (χ1v) is 8.30. The highest BCUT2D eigenvalue weighted by Gasteiger charge is 2.34. The Bertz CT molecular complexity index is 871. The van der Waals surface area contributed by atoms with E-state index in [1.165, 1.54) is 0 Å². The van der Waals surface area contributed by atoms with Crippen LogP contribution < -0.4 is 5.32 Å². The molecule has 4 rings (SSSR count). The van der Waals surface area contributed by atoms with Crippen LogP contribution in [0, 0.1) is 5.92 Å². The number of carboxylic acid groups (broad SMARTS) is 1. The van der Waals surface area contributed by atoms with Crippen LogP contribution in [0.5, 0.6) is 0 Å². The van der Waals surface area contributed by atoms with E-state index in [0.29, 0.717) is 12.8 Å². The summed E-state index contributed by atoms with van der Waals surface area (Å²) < 4.78 is 0. The lowest BCUT2D eigenvalue weighted by Gasteiger charge is -2.32.